The average Bonchev–Trinajstić information content (AvgIpc) is 3.63. The Balaban J connectivity index is 1.47. The number of hydrogen-bond acceptors (Lipinski definition) is 6. The number of halogens is 2. The summed E-state index contributed by atoms with van der Waals surface area (Å²) >= 11 is 13.6. The van der Waals surface area contributed by atoms with Gasteiger partial charge in [-0.15, -0.1) is 5.10 Å². The summed E-state index contributed by atoms with van der Waals surface area (Å²) in [4.78, 5) is 18.4. The second-order valence-corrected chi connectivity index (χ2v) is 10.8. The molecule has 0 fully saturated rings. The second-order valence-electron chi connectivity index (χ2n) is 8.96. The minimum atomic E-state index is -0.271. The highest BCUT2D eigenvalue weighted by atomic mass is 35.5. The topological polar surface area (TPSA) is 74.3 Å². The Bertz CT molecular complexity index is 2000. The summed E-state index contributed by atoms with van der Waals surface area (Å²) in [5, 5.41) is 10.3. The van der Waals surface area contributed by atoms with E-state index in [2.05, 4.69) is 16.7 Å². The maximum absolute atomic E-state index is 13.4. The lowest BCUT2D eigenvalue weighted by Gasteiger charge is -2.08. The van der Waals surface area contributed by atoms with Crippen LogP contribution in [0.1, 0.15) is 11.1 Å². The number of rotatable bonds is 7. The highest BCUT2D eigenvalue weighted by molar-refractivity contribution is 7.15. The van der Waals surface area contributed by atoms with E-state index in [-0.39, 0.29) is 5.56 Å². The Morgan fingerprint density at radius 1 is 1.02 bits per heavy atom. The number of fused-ring (bicyclic) bond motifs is 1. The molecule has 0 amide bonds. The zero-order valence-corrected chi connectivity index (χ0v) is 23.5. The Hall–Kier alpha value is -4.24. The molecule has 0 bridgehead atoms. The summed E-state index contributed by atoms with van der Waals surface area (Å²) in [6.07, 6.45) is 5.46. The van der Waals surface area contributed by atoms with Crippen LogP contribution in [0.25, 0.3) is 39.4 Å². The van der Waals surface area contributed by atoms with Gasteiger partial charge in [-0.05, 0) is 67.1 Å². The van der Waals surface area contributed by atoms with Crippen molar-refractivity contribution in [3.05, 3.63) is 122 Å². The van der Waals surface area contributed by atoms with E-state index < -0.39 is 0 Å². The predicted octanol–water partition coefficient (Wildman–Crippen LogP) is 6.40. The summed E-state index contributed by atoms with van der Waals surface area (Å²) in [7, 11) is 0. The van der Waals surface area contributed by atoms with Gasteiger partial charge in [0.15, 0.2) is 5.82 Å². The van der Waals surface area contributed by atoms with Gasteiger partial charge in [0.05, 0.1) is 15.2 Å². The normalized spacial score (nSPS) is 11.8. The lowest BCUT2D eigenvalue weighted by atomic mass is 10.0. The lowest BCUT2D eigenvalue weighted by Crippen LogP contribution is -2.23. The molecule has 0 unspecified atom stereocenters. The fraction of sp³-hybridized carbons (Fsp3) is 0.0667. The van der Waals surface area contributed by atoms with E-state index in [9.17, 15) is 4.79 Å². The summed E-state index contributed by atoms with van der Waals surface area (Å²) in [5.74, 6) is 1.11. The Morgan fingerprint density at radius 2 is 1.82 bits per heavy atom. The zero-order chi connectivity index (χ0) is 27.8. The first-order valence-corrected chi connectivity index (χ1v) is 13.8. The largest absolute Gasteiger partial charge is 0.490 e. The van der Waals surface area contributed by atoms with Gasteiger partial charge in [-0.2, -0.15) is 14.6 Å². The van der Waals surface area contributed by atoms with Gasteiger partial charge >= 0.3 is 0 Å². The summed E-state index contributed by atoms with van der Waals surface area (Å²) in [6.45, 7) is 6.14. The minimum Gasteiger partial charge on any atom is -0.490 e. The van der Waals surface area contributed by atoms with Crippen LogP contribution in [0, 0.1) is 6.92 Å². The quantitative estimate of drug-likeness (QED) is 0.203. The molecular formula is C30H21Cl2N5O2S. The van der Waals surface area contributed by atoms with Crippen LogP contribution in [0.2, 0.25) is 10.0 Å². The second kappa shape index (κ2) is 10.7. The Morgan fingerprint density at radius 3 is 2.55 bits per heavy atom. The standard InChI is InChI=1S/C30H21Cl2N5O2S/c1-3-13-39-22-10-12-23(18(2)14-22)27-19(17-36(34-27)21-7-5-4-6-8-21)15-26-29(38)37-30(40-26)33-28(35-37)24-11-9-20(31)16-25(24)32/h3-12,14-17H,1,13H2,2H3. The molecule has 0 aliphatic rings. The number of para-hydroxylation sites is 1. The molecule has 3 heterocycles. The smallest absolute Gasteiger partial charge is 0.291 e. The van der Waals surface area contributed by atoms with Gasteiger partial charge in [-0.25, -0.2) is 4.68 Å². The highest BCUT2D eigenvalue weighted by Gasteiger charge is 2.17. The molecule has 6 rings (SSSR count). The molecule has 0 spiro atoms. The van der Waals surface area contributed by atoms with E-state index >= 15 is 0 Å². The van der Waals surface area contributed by atoms with E-state index in [1.165, 1.54) is 15.9 Å². The molecule has 0 N–H and O–H groups in total. The third kappa shape index (κ3) is 4.93. The van der Waals surface area contributed by atoms with Gasteiger partial charge in [-0.1, -0.05) is 65.4 Å². The van der Waals surface area contributed by atoms with Gasteiger partial charge in [0.25, 0.3) is 5.56 Å². The predicted molar refractivity (Wildman–Crippen MR) is 161 cm³/mol. The van der Waals surface area contributed by atoms with Crippen LogP contribution in [0.4, 0.5) is 0 Å². The zero-order valence-electron chi connectivity index (χ0n) is 21.2. The number of benzene rings is 3. The van der Waals surface area contributed by atoms with Gasteiger partial charge < -0.3 is 4.74 Å². The third-order valence-electron chi connectivity index (χ3n) is 6.22. The molecule has 198 valence electrons. The van der Waals surface area contributed by atoms with E-state index in [4.69, 9.17) is 33.0 Å². The summed E-state index contributed by atoms with van der Waals surface area (Å²) < 4.78 is 9.30. The Labute approximate surface area is 243 Å². The van der Waals surface area contributed by atoms with E-state index in [0.717, 1.165) is 33.8 Å². The van der Waals surface area contributed by atoms with Crippen LogP contribution in [0.3, 0.4) is 0 Å². The maximum Gasteiger partial charge on any atom is 0.291 e. The van der Waals surface area contributed by atoms with Crippen LogP contribution in [0.15, 0.2) is 90.4 Å². The van der Waals surface area contributed by atoms with E-state index in [1.807, 2.05) is 72.4 Å². The van der Waals surface area contributed by atoms with Crippen molar-refractivity contribution < 1.29 is 4.74 Å². The summed E-state index contributed by atoms with van der Waals surface area (Å²) in [6, 6.07) is 20.7. The number of aryl methyl sites for hydroxylation is 1. The van der Waals surface area contributed by atoms with Gasteiger partial charge in [0.2, 0.25) is 4.96 Å². The van der Waals surface area contributed by atoms with Gasteiger partial charge in [0, 0.05) is 27.9 Å². The molecule has 0 aliphatic heterocycles. The molecule has 0 aliphatic carbocycles. The first-order chi connectivity index (χ1) is 19.4. The lowest BCUT2D eigenvalue weighted by molar-refractivity contribution is 0.363. The van der Waals surface area contributed by atoms with Crippen molar-refractivity contribution in [2.24, 2.45) is 0 Å². The number of aromatic nitrogens is 5. The van der Waals surface area contributed by atoms with E-state index in [1.54, 1.807) is 24.3 Å². The number of ether oxygens (including phenoxy) is 1. The van der Waals surface area contributed by atoms with Crippen LogP contribution < -0.4 is 14.8 Å². The van der Waals surface area contributed by atoms with Crippen molar-refractivity contribution >= 4 is 45.6 Å². The third-order valence-corrected chi connectivity index (χ3v) is 7.73. The molecule has 0 saturated carbocycles. The molecule has 0 radical (unpaired) electrons. The molecule has 10 heteroatoms. The maximum atomic E-state index is 13.4. The molecular weight excluding hydrogens is 565 g/mol. The van der Waals surface area contributed by atoms with Crippen molar-refractivity contribution in [2.45, 2.75) is 6.92 Å². The number of thiazole rings is 1. The van der Waals surface area contributed by atoms with Gasteiger partial charge in [0.1, 0.15) is 18.1 Å². The van der Waals surface area contributed by atoms with E-state index in [0.29, 0.717) is 37.5 Å². The fourth-order valence-electron chi connectivity index (χ4n) is 4.32. The first kappa shape index (κ1) is 26.0. The summed E-state index contributed by atoms with van der Waals surface area (Å²) in [5.41, 5.74) is 4.68. The average molecular weight is 587 g/mol. The first-order valence-electron chi connectivity index (χ1n) is 12.3. The van der Waals surface area contributed by atoms with Crippen LogP contribution in [0.5, 0.6) is 5.75 Å². The molecule has 3 aromatic carbocycles. The molecule has 0 atom stereocenters. The van der Waals surface area contributed by atoms with Crippen LogP contribution in [-0.4, -0.2) is 31.0 Å². The Kier molecular flexibility index (Phi) is 6.98. The highest BCUT2D eigenvalue weighted by Crippen LogP contribution is 2.31. The van der Waals surface area contributed by atoms with Crippen molar-refractivity contribution in [2.75, 3.05) is 6.61 Å². The SMILES string of the molecule is C=CCOc1ccc(-c2nn(-c3ccccc3)cc2C=c2sc3nc(-c4ccc(Cl)cc4Cl)nn3c2=O)c(C)c1. The van der Waals surface area contributed by atoms with Crippen LogP contribution in [-0.2, 0) is 0 Å². The number of nitrogens with zero attached hydrogens (tertiary/aromatic N) is 5. The molecule has 40 heavy (non-hydrogen) atoms. The van der Waals surface area contributed by atoms with Crippen molar-refractivity contribution in [3.63, 3.8) is 0 Å². The monoisotopic (exact) mass is 585 g/mol. The van der Waals surface area contributed by atoms with Gasteiger partial charge in [-0.3, -0.25) is 4.79 Å². The van der Waals surface area contributed by atoms with Crippen LogP contribution >= 0.6 is 34.5 Å². The fourth-order valence-corrected chi connectivity index (χ4v) is 5.71. The van der Waals surface area contributed by atoms with Crippen molar-refractivity contribution in [1.29, 1.82) is 0 Å². The van der Waals surface area contributed by atoms with Crippen molar-refractivity contribution in [1.82, 2.24) is 24.4 Å². The van der Waals surface area contributed by atoms with Crippen molar-refractivity contribution in [3.8, 4) is 34.1 Å². The molecule has 0 saturated heterocycles. The minimum absolute atomic E-state index is 0.271. The molecule has 3 aromatic heterocycles. The molecule has 7 nitrogen and oxygen atoms in total. The number of hydrogen-bond donors (Lipinski definition) is 0. The molecule has 6 aromatic rings.